The predicted molar refractivity (Wildman–Crippen MR) is 89.8 cm³/mol. The van der Waals surface area contributed by atoms with E-state index >= 15 is 0 Å². The summed E-state index contributed by atoms with van der Waals surface area (Å²) < 4.78 is 4.66. The summed E-state index contributed by atoms with van der Waals surface area (Å²) in [6.45, 7) is 0.759. The van der Waals surface area contributed by atoms with Gasteiger partial charge in [-0.15, -0.1) is 11.3 Å². The summed E-state index contributed by atoms with van der Waals surface area (Å²) in [6.07, 6.45) is 2.01. The molecule has 3 rings (SSSR count). The van der Waals surface area contributed by atoms with Crippen molar-refractivity contribution in [3.8, 4) is 0 Å². The highest BCUT2D eigenvalue weighted by Gasteiger charge is 2.30. The molecule has 1 aromatic heterocycles. The summed E-state index contributed by atoms with van der Waals surface area (Å²) in [5, 5.41) is 4.94. The first-order chi connectivity index (χ1) is 11.2. The maximum Gasteiger partial charge on any atom is 0.337 e. The standard InChI is InChI=1S/C17H18N2O3S/c1-22-16(20)12-6-8-13(9-7-12)18-17(21)19-10-2-4-14(19)15-5-3-11-23-15/h3,5-9,11,14H,2,4,10H2,1H3,(H,18,21)/t14-/m0/s1. The Hall–Kier alpha value is -2.34. The van der Waals surface area contributed by atoms with Crippen molar-refractivity contribution >= 4 is 29.0 Å². The molecule has 120 valence electrons. The summed E-state index contributed by atoms with van der Waals surface area (Å²) in [5.41, 5.74) is 1.13. The highest BCUT2D eigenvalue weighted by atomic mass is 32.1. The number of rotatable bonds is 3. The fourth-order valence-electron chi connectivity index (χ4n) is 2.79. The predicted octanol–water partition coefficient (Wildman–Crippen LogP) is 3.90. The van der Waals surface area contributed by atoms with E-state index in [1.807, 2.05) is 16.3 Å². The maximum absolute atomic E-state index is 12.5. The van der Waals surface area contributed by atoms with Crippen LogP contribution in [0.1, 0.15) is 34.1 Å². The molecule has 0 aliphatic carbocycles. The van der Waals surface area contributed by atoms with E-state index in [1.54, 1.807) is 35.6 Å². The van der Waals surface area contributed by atoms with Crippen molar-refractivity contribution < 1.29 is 14.3 Å². The lowest BCUT2D eigenvalue weighted by Gasteiger charge is -2.24. The number of carbonyl (C=O) groups is 2. The summed E-state index contributed by atoms with van der Waals surface area (Å²) in [5.74, 6) is -0.389. The molecule has 1 aromatic carbocycles. The van der Waals surface area contributed by atoms with Gasteiger partial charge in [-0.1, -0.05) is 6.07 Å². The minimum Gasteiger partial charge on any atom is -0.465 e. The Morgan fingerprint density at radius 3 is 2.70 bits per heavy atom. The quantitative estimate of drug-likeness (QED) is 0.868. The van der Waals surface area contributed by atoms with E-state index in [2.05, 4.69) is 16.1 Å². The number of anilines is 1. The molecule has 23 heavy (non-hydrogen) atoms. The van der Waals surface area contributed by atoms with Crippen molar-refractivity contribution in [2.45, 2.75) is 18.9 Å². The number of nitrogens with one attached hydrogen (secondary N) is 1. The molecular formula is C17H18N2O3S. The van der Waals surface area contributed by atoms with E-state index in [-0.39, 0.29) is 18.0 Å². The van der Waals surface area contributed by atoms with Gasteiger partial charge >= 0.3 is 12.0 Å². The van der Waals surface area contributed by atoms with Crippen LogP contribution in [-0.4, -0.2) is 30.6 Å². The van der Waals surface area contributed by atoms with Crippen LogP contribution in [0.15, 0.2) is 41.8 Å². The van der Waals surface area contributed by atoms with Gasteiger partial charge in [0.05, 0.1) is 18.7 Å². The average molecular weight is 330 g/mol. The van der Waals surface area contributed by atoms with E-state index in [0.717, 1.165) is 19.4 Å². The zero-order valence-electron chi connectivity index (χ0n) is 12.8. The van der Waals surface area contributed by atoms with Gasteiger partial charge in [0.25, 0.3) is 0 Å². The lowest BCUT2D eigenvalue weighted by Crippen LogP contribution is -2.34. The molecule has 1 N–H and O–H groups in total. The third kappa shape index (κ3) is 3.37. The molecule has 0 radical (unpaired) electrons. The summed E-state index contributed by atoms with van der Waals surface area (Å²) in [4.78, 5) is 27.0. The van der Waals surface area contributed by atoms with Gasteiger partial charge in [0, 0.05) is 17.1 Å². The molecule has 1 saturated heterocycles. The van der Waals surface area contributed by atoms with Gasteiger partial charge in [0.2, 0.25) is 0 Å². The van der Waals surface area contributed by atoms with Crippen LogP contribution in [0.25, 0.3) is 0 Å². The summed E-state index contributed by atoms with van der Waals surface area (Å²) >= 11 is 1.68. The number of hydrogen-bond donors (Lipinski definition) is 1. The minimum atomic E-state index is -0.389. The molecule has 0 bridgehead atoms. The number of carbonyl (C=O) groups excluding carboxylic acids is 2. The van der Waals surface area contributed by atoms with E-state index in [4.69, 9.17) is 0 Å². The van der Waals surface area contributed by atoms with Gasteiger partial charge in [0.1, 0.15) is 0 Å². The first-order valence-corrected chi connectivity index (χ1v) is 8.36. The van der Waals surface area contributed by atoms with E-state index in [9.17, 15) is 9.59 Å². The van der Waals surface area contributed by atoms with Crippen molar-refractivity contribution in [2.75, 3.05) is 19.0 Å². The Kier molecular flexibility index (Phi) is 4.62. The van der Waals surface area contributed by atoms with Crippen LogP contribution in [0.3, 0.4) is 0 Å². The topological polar surface area (TPSA) is 58.6 Å². The SMILES string of the molecule is COC(=O)c1ccc(NC(=O)N2CCC[C@H]2c2cccs2)cc1. The molecule has 2 amide bonds. The second-order valence-electron chi connectivity index (χ2n) is 5.37. The number of hydrogen-bond acceptors (Lipinski definition) is 4. The second kappa shape index (κ2) is 6.83. The largest absolute Gasteiger partial charge is 0.465 e. The number of nitrogens with zero attached hydrogens (tertiary/aromatic N) is 1. The molecule has 5 nitrogen and oxygen atoms in total. The Balaban J connectivity index is 1.68. The highest BCUT2D eigenvalue weighted by molar-refractivity contribution is 7.10. The average Bonchev–Trinajstić information content (AvgIpc) is 3.25. The Bertz CT molecular complexity index is 682. The number of likely N-dealkylation sites (tertiary alicyclic amines) is 1. The first-order valence-electron chi connectivity index (χ1n) is 7.48. The molecule has 2 aromatic rings. The van der Waals surface area contributed by atoms with Crippen LogP contribution in [0.2, 0.25) is 0 Å². The van der Waals surface area contributed by atoms with Crippen LogP contribution in [0.4, 0.5) is 10.5 Å². The zero-order chi connectivity index (χ0) is 16.2. The molecule has 0 unspecified atom stereocenters. The molecule has 1 aliphatic heterocycles. The van der Waals surface area contributed by atoms with Crippen LogP contribution in [0, 0.1) is 0 Å². The van der Waals surface area contributed by atoms with Gasteiger partial charge in [-0.2, -0.15) is 0 Å². The summed E-state index contributed by atoms with van der Waals surface area (Å²) in [7, 11) is 1.34. The normalized spacial score (nSPS) is 17.1. The summed E-state index contributed by atoms with van der Waals surface area (Å²) in [6, 6.07) is 10.8. The number of esters is 1. The smallest absolute Gasteiger partial charge is 0.337 e. The van der Waals surface area contributed by atoms with Crippen molar-refractivity contribution in [3.05, 3.63) is 52.2 Å². The van der Waals surface area contributed by atoms with Crippen molar-refractivity contribution in [3.63, 3.8) is 0 Å². The molecule has 0 saturated carbocycles. The van der Waals surface area contributed by atoms with Crippen molar-refractivity contribution in [1.82, 2.24) is 4.90 Å². The maximum atomic E-state index is 12.5. The number of urea groups is 1. The van der Waals surface area contributed by atoms with Crippen LogP contribution in [-0.2, 0) is 4.74 Å². The number of thiophene rings is 1. The van der Waals surface area contributed by atoms with Gasteiger partial charge in [-0.25, -0.2) is 9.59 Å². The lowest BCUT2D eigenvalue weighted by molar-refractivity contribution is 0.0601. The van der Waals surface area contributed by atoms with Crippen molar-refractivity contribution in [1.29, 1.82) is 0 Å². The van der Waals surface area contributed by atoms with Crippen LogP contribution in [0.5, 0.6) is 0 Å². The fourth-order valence-corrected chi connectivity index (χ4v) is 3.66. The van der Waals surface area contributed by atoms with E-state index < -0.39 is 0 Å². The Labute approximate surface area is 138 Å². The van der Waals surface area contributed by atoms with Crippen LogP contribution >= 0.6 is 11.3 Å². The zero-order valence-corrected chi connectivity index (χ0v) is 13.6. The highest BCUT2D eigenvalue weighted by Crippen LogP contribution is 2.34. The van der Waals surface area contributed by atoms with Crippen LogP contribution < -0.4 is 5.32 Å². The number of methoxy groups -OCH3 is 1. The fraction of sp³-hybridized carbons (Fsp3) is 0.294. The number of amides is 2. The Morgan fingerprint density at radius 2 is 2.04 bits per heavy atom. The molecular weight excluding hydrogens is 312 g/mol. The second-order valence-corrected chi connectivity index (χ2v) is 6.35. The molecule has 1 fully saturated rings. The Morgan fingerprint density at radius 1 is 1.26 bits per heavy atom. The van der Waals surface area contributed by atoms with Gasteiger partial charge in [0.15, 0.2) is 0 Å². The van der Waals surface area contributed by atoms with Crippen molar-refractivity contribution in [2.24, 2.45) is 0 Å². The van der Waals surface area contributed by atoms with Gasteiger partial charge < -0.3 is 15.0 Å². The number of ether oxygens (including phenoxy) is 1. The third-order valence-electron chi connectivity index (χ3n) is 3.94. The van der Waals surface area contributed by atoms with Gasteiger partial charge in [-0.05, 0) is 48.6 Å². The molecule has 0 spiro atoms. The molecule has 1 atom stereocenters. The van der Waals surface area contributed by atoms with Gasteiger partial charge in [-0.3, -0.25) is 0 Å². The number of benzene rings is 1. The third-order valence-corrected chi connectivity index (χ3v) is 4.92. The molecule has 6 heteroatoms. The lowest BCUT2D eigenvalue weighted by atomic mass is 10.2. The monoisotopic (exact) mass is 330 g/mol. The van der Waals surface area contributed by atoms with E-state index in [1.165, 1.54) is 12.0 Å². The first kappa shape index (κ1) is 15.6. The minimum absolute atomic E-state index is 0.105. The molecule has 1 aliphatic rings. The van der Waals surface area contributed by atoms with E-state index in [0.29, 0.717) is 11.3 Å². The molecule has 2 heterocycles.